The van der Waals surface area contributed by atoms with Crippen molar-refractivity contribution in [1.82, 2.24) is 4.90 Å². The van der Waals surface area contributed by atoms with Gasteiger partial charge < -0.3 is 14.7 Å². The van der Waals surface area contributed by atoms with E-state index in [9.17, 15) is 9.90 Å². The lowest BCUT2D eigenvalue weighted by Gasteiger charge is -2.24. The van der Waals surface area contributed by atoms with Crippen molar-refractivity contribution in [2.24, 2.45) is 0 Å². The highest BCUT2D eigenvalue weighted by Gasteiger charge is 2.18. The molecule has 146 valence electrons. The highest BCUT2D eigenvalue weighted by Crippen LogP contribution is 2.16. The summed E-state index contributed by atoms with van der Waals surface area (Å²) in [6, 6.07) is 15.9. The molecular weight excluding hydrogens is 338 g/mol. The van der Waals surface area contributed by atoms with Crippen molar-refractivity contribution in [3.63, 3.8) is 0 Å². The number of aliphatic hydroxyl groups is 1. The van der Waals surface area contributed by atoms with E-state index in [1.807, 2.05) is 37.3 Å². The third kappa shape index (κ3) is 7.06. The van der Waals surface area contributed by atoms with Gasteiger partial charge in [-0.1, -0.05) is 67.4 Å². The summed E-state index contributed by atoms with van der Waals surface area (Å²) in [7, 11) is 0. The highest BCUT2D eigenvalue weighted by atomic mass is 16.6. The normalized spacial score (nSPS) is 11.9. The third-order valence-electron chi connectivity index (χ3n) is 4.68. The standard InChI is InChI=1S/C23H31NO3/c1-4-8-22(25)13-14-24(16-21-12-11-18(2)15-19(21)3)23(26)27-17-20-9-6-5-7-10-20/h5-7,9-12,15,22,25H,4,8,13-14,16-17H2,1-3H3/t22-/m1/s1. The lowest BCUT2D eigenvalue weighted by atomic mass is 10.1. The number of carbonyl (C=O) groups excluding carboxylic acids is 1. The zero-order valence-electron chi connectivity index (χ0n) is 16.6. The molecule has 0 unspecified atom stereocenters. The SMILES string of the molecule is CCC[C@@H](O)CCN(Cc1ccc(C)cc1C)C(=O)OCc1ccccc1. The van der Waals surface area contributed by atoms with Crippen molar-refractivity contribution in [3.8, 4) is 0 Å². The summed E-state index contributed by atoms with van der Waals surface area (Å²) < 4.78 is 5.52. The van der Waals surface area contributed by atoms with Gasteiger partial charge in [0.1, 0.15) is 6.61 Å². The second kappa shape index (κ2) is 10.7. The summed E-state index contributed by atoms with van der Waals surface area (Å²) >= 11 is 0. The molecule has 0 aliphatic heterocycles. The molecule has 0 bridgehead atoms. The average molecular weight is 370 g/mol. The Bertz CT molecular complexity index is 715. The molecule has 2 rings (SSSR count). The van der Waals surface area contributed by atoms with E-state index < -0.39 is 6.10 Å². The van der Waals surface area contributed by atoms with Crippen LogP contribution in [0.5, 0.6) is 0 Å². The van der Waals surface area contributed by atoms with Gasteiger partial charge in [-0.3, -0.25) is 0 Å². The molecule has 1 N–H and O–H groups in total. The fourth-order valence-corrected chi connectivity index (χ4v) is 3.06. The molecule has 0 aliphatic rings. The number of aryl methyl sites for hydroxylation is 2. The van der Waals surface area contributed by atoms with Crippen LogP contribution in [0.1, 0.15) is 48.4 Å². The molecule has 2 aromatic rings. The molecule has 27 heavy (non-hydrogen) atoms. The molecular formula is C23H31NO3. The second-order valence-corrected chi connectivity index (χ2v) is 7.12. The highest BCUT2D eigenvalue weighted by molar-refractivity contribution is 5.67. The summed E-state index contributed by atoms with van der Waals surface area (Å²) in [6.07, 6.45) is 1.49. The minimum absolute atomic E-state index is 0.251. The summed E-state index contributed by atoms with van der Waals surface area (Å²) in [5, 5.41) is 10.1. The lowest BCUT2D eigenvalue weighted by molar-refractivity contribution is 0.0821. The predicted molar refractivity (Wildman–Crippen MR) is 108 cm³/mol. The van der Waals surface area contributed by atoms with Crippen LogP contribution in [0.4, 0.5) is 4.79 Å². The summed E-state index contributed by atoms with van der Waals surface area (Å²) in [6.45, 7) is 7.37. The van der Waals surface area contributed by atoms with Crippen LogP contribution >= 0.6 is 0 Å². The van der Waals surface area contributed by atoms with Gasteiger partial charge in [-0.15, -0.1) is 0 Å². The number of nitrogens with zero attached hydrogens (tertiary/aromatic N) is 1. The zero-order valence-corrected chi connectivity index (χ0v) is 16.6. The van der Waals surface area contributed by atoms with E-state index in [4.69, 9.17) is 4.74 Å². The van der Waals surface area contributed by atoms with Gasteiger partial charge in [-0.2, -0.15) is 0 Å². The smallest absolute Gasteiger partial charge is 0.410 e. The van der Waals surface area contributed by atoms with E-state index in [1.54, 1.807) is 4.90 Å². The van der Waals surface area contributed by atoms with E-state index in [0.29, 0.717) is 19.5 Å². The van der Waals surface area contributed by atoms with Crippen molar-refractivity contribution in [1.29, 1.82) is 0 Å². The molecule has 4 nitrogen and oxygen atoms in total. The van der Waals surface area contributed by atoms with E-state index in [1.165, 1.54) is 5.56 Å². The molecule has 0 spiro atoms. The maximum atomic E-state index is 12.7. The second-order valence-electron chi connectivity index (χ2n) is 7.12. The molecule has 2 aromatic carbocycles. The first-order valence-electron chi connectivity index (χ1n) is 9.69. The number of benzene rings is 2. The molecule has 0 saturated heterocycles. The maximum absolute atomic E-state index is 12.7. The van der Waals surface area contributed by atoms with Crippen molar-refractivity contribution in [3.05, 3.63) is 70.8 Å². The van der Waals surface area contributed by atoms with Gasteiger partial charge in [0.25, 0.3) is 0 Å². The van der Waals surface area contributed by atoms with Crippen molar-refractivity contribution >= 4 is 6.09 Å². The van der Waals surface area contributed by atoms with Crippen molar-refractivity contribution < 1.29 is 14.6 Å². The number of rotatable bonds is 9. The number of ether oxygens (including phenoxy) is 1. The van der Waals surface area contributed by atoms with E-state index in [0.717, 1.165) is 29.5 Å². The van der Waals surface area contributed by atoms with Gasteiger partial charge in [-0.05, 0) is 43.4 Å². The third-order valence-corrected chi connectivity index (χ3v) is 4.68. The zero-order chi connectivity index (χ0) is 19.6. The Morgan fingerprint density at radius 3 is 2.52 bits per heavy atom. The van der Waals surface area contributed by atoms with Crippen LogP contribution in [-0.2, 0) is 17.9 Å². The fraction of sp³-hybridized carbons (Fsp3) is 0.435. The van der Waals surface area contributed by atoms with Gasteiger partial charge in [0.15, 0.2) is 0 Å². The van der Waals surface area contributed by atoms with Gasteiger partial charge in [0, 0.05) is 13.1 Å². The van der Waals surface area contributed by atoms with Crippen molar-refractivity contribution in [2.75, 3.05) is 6.54 Å². The molecule has 0 heterocycles. The first kappa shape index (κ1) is 21.0. The number of aliphatic hydroxyl groups excluding tert-OH is 1. The Morgan fingerprint density at radius 1 is 1.11 bits per heavy atom. The van der Waals surface area contributed by atoms with Crippen molar-refractivity contribution in [2.45, 2.75) is 59.3 Å². The lowest BCUT2D eigenvalue weighted by Crippen LogP contribution is -2.34. The first-order chi connectivity index (χ1) is 13.0. The Hall–Kier alpha value is -2.33. The molecule has 0 aromatic heterocycles. The molecule has 1 amide bonds. The fourth-order valence-electron chi connectivity index (χ4n) is 3.06. The molecule has 0 aliphatic carbocycles. The van der Waals surface area contributed by atoms with Crippen LogP contribution in [0, 0.1) is 13.8 Å². The van der Waals surface area contributed by atoms with Gasteiger partial charge in [0.2, 0.25) is 0 Å². The van der Waals surface area contributed by atoms with Gasteiger partial charge >= 0.3 is 6.09 Å². The Labute approximate surface area is 162 Å². The van der Waals surface area contributed by atoms with Crippen LogP contribution in [0.2, 0.25) is 0 Å². The van der Waals surface area contributed by atoms with Crippen LogP contribution in [0.3, 0.4) is 0 Å². The van der Waals surface area contributed by atoms with Crippen LogP contribution in [0.25, 0.3) is 0 Å². The molecule has 0 saturated carbocycles. The van der Waals surface area contributed by atoms with Crippen LogP contribution < -0.4 is 0 Å². The van der Waals surface area contributed by atoms with Crippen LogP contribution in [-0.4, -0.2) is 28.7 Å². The minimum atomic E-state index is -0.390. The molecule has 4 heteroatoms. The quantitative estimate of drug-likeness (QED) is 0.677. The van der Waals surface area contributed by atoms with Gasteiger partial charge in [-0.25, -0.2) is 4.79 Å². The Morgan fingerprint density at radius 2 is 1.85 bits per heavy atom. The molecule has 0 fully saturated rings. The molecule has 1 atom stereocenters. The maximum Gasteiger partial charge on any atom is 0.410 e. The molecule has 0 radical (unpaired) electrons. The van der Waals surface area contributed by atoms with E-state index >= 15 is 0 Å². The summed E-state index contributed by atoms with van der Waals surface area (Å²) in [5.41, 5.74) is 4.42. The number of hydrogen-bond donors (Lipinski definition) is 1. The number of hydrogen-bond acceptors (Lipinski definition) is 3. The summed E-state index contributed by atoms with van der Waals surface area (Å²) in [5.74, 6) is 0. The van der Waals surface area contributed by atoms with E-state index in [2.05, 4.69) is 32.0 Å². The average Bonchev–Trinajstić information content (AvgIpc) is 2.66. The van der Waals surface area contributed by atoms with Gasteiger partial charge in [0.05, 0.1) is 6.10 Å². The number of carbonyl (C=O) groups is 1. The Kier molecular flexibility index (Phi) is 8.34. The minimum Gasteiger partial charge on any atom is -0.445 e. The van der Waals surface area contributed by atoms with E-state index in [-0.39, 0.29) is 12.7 Å². The Balaban J connectivity index is 2.04. The largest absolute Gasteiger partial charge is 0.445 e. The topological polar surface area (TPSA) is 49.8 Å². The predicted octanol–water partition coefficient (Wildman–Crippen LogP) is 4.99. The first-order valence-corrected chi connectivity index (χ1v) is 9.69. The monoisotopic (exact) mass is 369 g/mol. The summed E-state index contributed by atoms with van der Waals surface area (Å²) in [4.78, 5) is 14.4. The number of amides is 1. The van der Waals surface area contributed by atoms with Crippen LogP contribution in [0.15, 0.2) is 48.5 Å².